The normalized spacial score (nSPS) is 11.9. The van der Waals surface area contributed by atoms with Gasteiger partial charge in [0.05, 0.1) is 22.5 Å². The number of alkyl halides is 3. The summed E-state index contributed by atoms with van der Waals surface area (Å²) < 4.78 is 55.5. The zero-order chi connectivity index (χ0) is 28.4. The fourth-order valence-corrected chi connectivity index (χ4v) is 3.95. The molecule has 39 heavy (non-hydrogen) atoms. The van der Waals surface area contributed by atoms with Crippen LogP contribution in [0.15, 0.2) is 60.9 Å². The fourth-order valence-electron chi connectivity index (χ4n) is 3.95. The number of carbonyl (C=O) groups is 1. The lowest BCUT2D eigenvalue weighted by Crippen LogP contribution is -2.25. The lowest BCUT2D eigenvalue weighted by molar-refractivity contribution is -0.137. The number of amides is 1. The van der Waals surface area contributed by atoms with E-state index in [1.54, 1.807) is 12.4 Å². The van der Waals surface area contributed by atoms with Crippen molar-refractivity contribution in [3.8, 4) is 0 Å². The molecule has 0 saturated heterocycles. The average Bonchev–Trinajstić information content (AvgIpc) is 3.28. The number of carbonyl (C=O) groups excluding carboxylic acids is 1. The number of aromatic nitrogens is 4. The summed E-state index contributed by atoms with van der Waals surface area (Å²) >= 11 is 0. The summed E-state index contributed by atoms with van der Waals surface area (Å²) in [6.07, 6.45) is -0.682. The SMILES string of the molecule is Cc1nccnc1Nc1cc(CCc2cc(NC(=O)c3cccc(C(F)(F)F)c3)ccc2F)nn1C(C)(C)C. The molecule has 2 aromatic heterocycles. The number of hydrogen-bond donors (Lipinski definition) is 2. The second-order valence-electron chi connectivity index (χ2n) is 10.1. The van der Waals surface area contributed by atoms with Crippen molar-refractivity contribution in [3.63, 3.8) is 0 Å². The first-order valence-corrected chi connectivity index (χ1v) is 12.2. The lowest BCUT2D eigenvalue weighted by Gasteiger charge is -2.22. The van der Waals surface area contributed by atoms with Crippen LogP contribution in [-0.2, 0) is 24.6 Å². The molecule has 11 heteroatoms. The minimum Gasteiger partial charge on any atom is -0.324 e. The maximum absolute atomic E-state index is 14.6. The molecule has 0 atom stereocenters. The molecule has 0 bridgehead atoms. The molecular weight excluding hydrogens is 512 g/mol. The predicted octanol–water partition coefficient (Wildman–Crippen LogP) is 6.68. The van der Waals surface area contributed by atoms with Gasteiger partial charge in [-0.1, -0.05) is 6.07 Å². The minimum absolute atomic E-state index is 0.151. The van der Waals surface area contributed by atoms with Crippen LogP contribution in [0.1, 0.15) is 53.6 Å². The van der Waals surface area contributed by atoms with Crippen LogP contribution in [-0.4, -0.2) is 25.7 Å². The van der Waals surface area contributed by atoms with E-state index in [9.17, 15) is 22.4 Å². The first-order valence-electron chi connectivity index (χ1n) is 12.2. The summed E-state index contributed by atoms with van der Waals surface area (Å²) in [5, 5.41) is 10.5. The summed E-state index contributed by atoms with van der Waals surface area (Å²) in [6, 6.07) is 10.1. The second-order valence-corrected chi connectivity index (χ2v) is 10.1. The van der Waals surface area contributed by atoms with Gasteiger partial charge in [0.15, 0.2) is 5.82 Å². The highest BCUT2D eigenvalue weighted by molar-refractivity contribution is 6.04. The van der Waals surface area contributed by atoms with E-state index in [1.165, 1.54) is 30.3 Å². The van der Waals surface area contributed by atoms with Crippen LogP contribution < -0.4 is 10.6 Å². The zero-order valence-electron chi connectivity index (χ0n) is 21.9. The monoisotopic (exact) mass is 540 g/mol. The fraction of sp³-hybridized carbons (Fsp3) is 0.286. The summed E-state index contributed by atoms with van der Waals surface area (Å²) in [5.41, 5.74) is 0.625. The Hall–Kier alpha value is -4.28. The van der Waals surface area contributed by atoms with Gasteiger partial charge >= 0.3 is 6.18 Å². The summed E-state index contributed by atoms with van der Waals surface area (Å²) in [7, 11) is 0. The third-order valence-corrected chi connectivity index (χ3v) is 5.93. The molecule has 0 spiro atoms. The van der Waals surface area contributed by atoms with E-state index in [-0.39, 0.29) is 23.2 Å². The van der Waals surface area contributed by atoms with Gasteiger partial charge in [-0.3, -0.25) is 9.78 Å². The molecule has 0 aliphatic rings. The number of nitrogens with one attached hydrogen (secondary N) is 2. The van der Waals surface area contributed by atoms with E-state index in [0.29, 0.717) is 29.3 Å². The Labute approximate surface area is 223 Å². The third-order valence-electron chi connectivity index (χ3n) is 5.93. The maximum atomic E-state index is 14.6. The maximum Gasteiger partial charge on any atom is 0.416 e. The summed E-state index contributed by atoms with van der Waals surface area (Å²) in [6.45, 7) is 7.87. The molecule has 1 amide bonds. The topological polar surface area (TPSA) is 84.7 Å². The van der Waals surface area contributed by atoms with Crippen molar-refractivity contribution in [1.82, 2.24) is 19.7 Å². The summed E-state index contributed by atoms with van der Waals surface area (Å²) in [5.74, 6) is 0.127. The van der Waals surface area contributed by atoms with Crippen LogP contribution in [0.3, 0.4) is 0 Å². The molecular formula is C28H28F4N6O. The molecule has 2 N–H and O–H groups in total. The van der Waals surface area contributed by atoms with Gasteiger partial charge in [-0.2, -0.15) is 18.3 Å². The highest BCUT2D eigenvalue weighted by Gasteiger charge is 2.31. The minimum atomic E-state index is -4.57. The Bertz CT molecular complexity index is 1490. The van der Waals surface area contributed by atoms with Crippen molar-refractivity contribution in [2.45, 2.75) is 52.3 Å². The molecule has 0 aliphatic carbocycles. The van der Waals surface area contributed by atoms with Gasteiger partial charge in [0, 0.05) is 29.7 Å². The van der Waals surface area contributed by atoms with Crippen LogP contribution in [0.4, 0.5) is 34.9 Å². The molecule has 204 valence electrons. The molecule has 0 unspecified atom stereocenters. The second kappa shape index (κ2) is 10.8. The number of halogens is 4. The van der Waals surface area contributed by atoms with Gasteiger partial charge < -0.3 is 10.6 Å². The zero-order valence-corrected chi connectivity index (χ0v) is 21.9. The average molecular weight is 541 g/mol. The number of aryl methyl sites for hydroxylation is 3. The first-order chi connectivity index (χ1) is 18.3. The molecule has 0 saturated carbocycles. The Morgan fingerprint density at radius 1 is 0.974 bits per heavy atom. The quantitative estimate of drug-likeness (QED) is 0.256. The Morgan fingerprint density at radius 2 is 1.72 bits per heavy atom. The van der Waals surface area contributed by atoms with Gasteiger partial charge in [0.25, 0.3) is 5.91 Å². The highest BCUT2D eigenvalue weighted by Crippen LogP contribution is 2.30. The van der Waals surface area contributed by atoms with E-state index in [1.807, 2.05) is 38.4 Å². The number of benzene rings is 2. The van der Waals surface area contributed by atoms with E-state index >= 15 is 0 Å². The van der Waals surface area contributed by atoms with Crippen molar-refractivity contribution >= 4 is 23.2 Å². The van der Waals surface area contributed by atoms with Crippen LogP contribution in [0.2, 0.25) is 0 Å². The largest absolute Gasteiger partial charge is 0.416 e. The van der Waals surface area contributed by atoms with E-state index < -0.39 is 23.5 Å². The van der Waals surface area contributed by atoms with Crippen LogP contribution in [0, 0.1) is 12.7 Å². The van der Waals surface area contributed by atoms with Gasteiger partial charge in [0.2, 0.25) is 0 Å². The molecule has 7 nitrogen and oxygen atoms in total. The Kier molecular flexibility index (Phi) is 7.71. The number of hydrogen-bond acceptors (Lipinski definition) is 5. The lowest BCUT2D eigenvalue weighted by atomic mass is 10.1. The standard InChI is InChI=1S/C28H28F4N6O/c1-17-25(34-13-12-33-17)36-24-16-22(37-38(24)27(2,3)4)9-8-18-15-21(10-11-23(18)29)35-26(39)19-6-5-7-20(14-19)28(30,31)32/h5-7,10-16H,8-9H2,1-4H3,(H,34,36)(H,35,39). The molecule has 4 rings (SSSR count). The molecule has 0 radical (unpaired) electrons. The van der Waals surface area contributed by atoms with Crippen molar-refractivity contribution in [2.24, 2.45) is 0 Å². The van der Waals surface area contributed by atoms with Crippen molar-refractivity contribution in [2.75, 3.05) is 10.6 Å². The van der Waals surface area contributed by atoms with Crippen LogP contribution >= 0.6 is 0 Å². The van der Waals surface area contributed by atoms with Crippen molar-refractivity contribution < 1.29 is 22.4 Å². The van der Waals surface area contributed by atoms with Gasteiger partial charge in [-0.15, -0.1) is 0 Å². The van der Waals surface area contributed by atoms with Gasteiger partial charge in [-0.05, 0) is 82.5 Å². The number of nitrogens with zero attached hydrogens (tertiary/aromatic N) is 4. The molecule has 0 aliphatic heterocycles. The number of rotatable bonds is 7. The molecule has 0 fully saturated rings. The molecule has 2 heterocycles. The third kappa shape index (κ3) is 6.78. The van der Waals surface area contributed by atoms with E-state index in [2.05, 4.69) is 20.6 Å². The van der Waals surface area contributed by atoms with Crippen molar-refractivity contribution in [1.29, 1.82) is 0 Å². The Morgan fingerprint density at radius 3 is 2.41 bits per heavy atom. The highest BCUT2D eigenvalue weighted by atomic mass is 19.4. The van der Waals surface area contributed by atoms with E-state index in [0.717, 1.165) is 17.8 Å². The molecule has 4 aromatic rings. The first kappa shape index (κ1) is 27.7. The smallest absolute Gasteiger partial charge is 0.324 e. The van der Waals surface area contributed by atoms with Crippen LogP contribution in [0.5, 0.6) is 0 Å². The van der Waals surface area contributed by atoms with Crippen LogP contribution in [0.25, 0.3) is 0 Å². The van der Waals surface area contributed by atoms with Gasteiger partial charge in [-0.25, -0.2) is 14.1 Å². The Balaban J connectivity index is 1.50. The van der Waals surface area contributed by atoms with Crippen molar-refractivity contribution in [3.05, 3.63) is 94.8 Å². The van der Waals surface area contributed by atoms with Gasteiger partial charge in [0.1, 0.15) is 11.6 Å². The number of anilines is 3. The predicted molar refractivity (Wildman–Crippen MR) is 140 cm³/mol. The summed E-state index contributed by atoms with van der Waals surface area (Å²) in [4.78, 5) is 21.2. The van der Waals surface area contributed by atoms with E-state index in [4.69, 9.17) is 5.10 Å². The molecule has 2 aromatic carbocycles.